The number of piperidine rings is 1. The van der Waals surface area contributed by atoms with Crippen LogP contribution < -0.4 is 9.46 Å². The van der Waals surface area contributed by atoms with Crippen molar-refractivity contribution < 1.29 is 17.9 Å². The van der Waals surface area contributed by atoms with E-state index < -0.39 is 10.0 Å². The van der Waals surface area contributed by atoms with Crippen LogP contribution in [0.1, 0.15) is 23.2 Å². The fourth-order valence-electron chi connectivity index (χ4n) is 3.06. The maximum atomic E-state index is 12.8. The van der Waals surface area contributed by atoms with Crippen LogP contribution in [0.4, 0.5) is 0 Å². The number of pyridine rings is 1. The normalized spacial score (nSPS) is 17.4. The number of nitrogens with zero attached hydrogens (tertiary/aromatic N) is 2. The van der Waals surface area contributed by atoms with Gasteiger partial charge in [-0.15, -0.1) is 0 Å². The van der Waals surface area contributed by atoms with E-state index in [0.717, 1.165) is 23.6 Å². The predicted octanol–water partition coefficient (Wildman–Crippen LogP) is 3.04. The molecule has 0 bridgehead atoms. The van der Waals surface area contributed by atoms with Crippen LogP contribution in [0.25, 0.3) is 0 Å². The van der Waals surface area contributed by atoms with Crippen molar-refractivity contribution in [2.75, 3.05) is 25.9 Å². The van der Waals surface area contributed by atoms with Crippen molar-refractivity contribution in [1.82, 2.24) is 14.6 Å². The zero-order valence-electron chi connectivity index (χ0n) is 15.5. The molecule has 1 aliphatic heterocycles. The third-order valence-corrected chi connectivity index (χ3v) is 5.68. The molecule has 0 aliphatic carbocycles. The summed E-state index contributed by atoms with van der Waals surface area (Å²) in [7, 11) is -3.23. The lowest BCUT2D eigenvalue weighted by Gasteiger charge is -2.32. The average molecular weight is 468 g/mol. The number of hydrogen-bond donors (Lipinski definition) is 1. The maximum absolute atomic E-state index is 12.8. The summed E-state index contributed by atoms with van der Waals surface area (Å²) in [6.45, 7) is 1.53. The Morgan fingerprint density at radius 3 is 2.68 bits per heavy atom. The topological polar surface area (TPSA) is 88.6 Å². The molecule has 0 spiro atoms. The molecule has 7 nitrogen and oxygen atoms in total. The first kappa shape index (κ1) is 20.8. The Kier molecular flexibility index (Phi) is 6.69. The number of rotatable bonds is 6. The van der Waals surface area contributed by atoms with E-state index in [1.54, 1.807) is 17.0 Å². The van der Waals surface area contributed by atoms with Gasteiger partial charge in [0.15, 0.2) is 0 Å². The van der Waals surface area contributed by atoms with E-state index in [4.69, 9.17) is 4.74 Å². The SMILES string of the molecule is CS(=O)(=O)NCC1CCCN(C(=O)c2ccc(Oc3ccc(Br)cc3)nc2)C1. The fourth-order valence-corrected chi connectivity index (χ4v) is 3.86. The number of carbonyl (C=O) groups excluding carboxylic acids is 1. The number of amides is 1. The number of aromatic nitrogens is 1. The maximum Gasteiger partial charge on any atom is 0.255 e. The monoisotopic (exact) mass is 467 g/mol. The van der Waals surface area contributed by atoms with Crippen molar-refractivity contribution >= 4 is 31.9 Å². The number of hydrogen-bond acceptors (Lipinski definition) is 5. The van der Waals surface area contributed by atoms with Gasteiger partial charge in [-0.1, -0.05) is 15.9 Å². The molecule has 1 aliphatic rings. The molecule has 150 valence electrons. The van der Waals surface area contributed by atoms with Gasteiger partial charge >= 0.3 is 0 Å². The van der Waals surface area contributed by atoms with E-state index in [1.807, 2.05) is 24.3 Å². The van der Waals surface area contributed by atoms with Crippen molar-refractivity contribution in [2.45, 2.75) is 12.8 Å². The van der Waals surface area contributed by atoms with Crippen LogP contribution in [-0.4, -0.2) is 50.1 Å². The molecule has 0 radical (unpaired) electrons. The van der Waals surface area contributed by atoms with Gasteiger partial charge in [-0.2, -0.15) is 0 Å². The highest BCUT2D eigenvalue weighted by molar-refractivity contribution is 9.10. The summed E-state index contributed by atoms with van der Waals surface area (Å²) in [6, 6.07) is 10.8. The molecule has 1 N–H and O–H groups in total. The first-order valence-corrected chi connectivity index (χ1v) is 11.6. The van der Waals surface area contributed by atoms with Gasteiger partial charge in [-0.05, 0) is 49.1 Å². The van der Waals surface area contributed by atoms with E-state index in [9.17, 15) is 13.2 Å². The molecule has 9 heteroatoms. The second-order valence-electron chi connectivity index (χ2n) is 6.82. The van der Waals surface area contributed by atoms with Gasteiger partial charge < -0.3 is 9.64 Å². The first-order valence-electron chi connectivity index (χ1n) is 8.93. The second-order valence-corrected chi connectivity index (χ2v) is 9.57. The van der Waals surface area contributed by atoms with Crippen molar-refractivity contribution in [3.8, 4) is 11.6 Å². The van der Waals surface area contributed by atoms with Crippen LogP contribution in [0.2, 0.25) is 0 Å². The third-order valence-electron chi connectivity index (χ3n) is 4.46. The van der Waals surface area contributed by atoms with Gasteiger partial charge in [0.1, 0.15) is 5.75 Å². The van der Waals surface area contributed by atoms with E-state index in [1.165, 1.54) is 6.20 Å². The summed E-state index contributed by atoms with van der Waals surface area (Å²) in [4.78, 5) is 18.7. The average Bonchev–Trinajstić information content (AvgIpc) is 2.68. The summed E-state index contributed by atoms with van der Waals surface area (Å²) in [5.74, 6) is 1.08. The Balaban J connectivity index is 1.59. The lowest BCUT2D eigenvalue weighted by atomic mass is 9.98. The first-order chi connectivity index (χ1) is 13.3. The van der Waals surface area contributed by atoms with Crippen molar-refractivity contribution in [2.24, 2.45) is 5.92 Å². The zero-order valence-corrected chi connectivity index (χ0v) is 17.9. The van der Waals surface area contributed by atoms with Gasteiger partial charge in [0, 0.05) is 36.4 Å². The Morgan fingerprint density at radius 1 is 1.29 bits per heavy atom. The van der Waals surface area contributed by atoms with Crippen molar-refractivity contribution in [3.05, 3.63) is 52.6 Å². The van der Waals surface area contributed by atoms with Gasteiger partial charge in [0.25, 0.3) is 5.91 Å². The van der Waals surface area contributed by atoms with Crippen LogP contribution in [0.5, 0.6) is 11.6 Å². The van der Waals surface area contributed by atoms with E-state index >= 15 is 0 Å². The highest BCUT2D eigenvalue weighted by Crippen LogP contribution is 2.23. The molecular formula is C19H22BrN3O4S. The molecule has 1 unspecified atom stereocenters. The Morgan fingerprint density at radius 2 is 2.04 bits per heavy atom. The minimum atomic E-state index is -3.23. The van der Waals surface area contributed by atoms with E-state index in [-0.39, 0.29) is 11.8 Å². The number of halogens is 1. The molecule has 28 heavy (non-hydrogen) atoms. The number of benzene rings is 1. The number of likely N-dealkylation sites (tertiary alicyclic amines) is 1. The molecule has 1 amide bonds. The molecule has 2 heterocycles. The molecule has 0 saturated carbocycles. The standard InChI is InChI=1S/C19H22BrN3O4S/c1-28(25,26)22-11-14-3-2-10-23(13-14)19(24)15-4-9-18(21-12-15)27-17-7-5-16(20)6-8-17/h4-9,12,14,22H,2-3,10-11,13H2,1H3. The Hall–Kier alpha value is -1.97. The van der Waals surface area contributed by atoms with E-state index in [0.29, 0.717) is 36.8 Å². The van der Waals surface area contributed by atoms with Gasteiger partial charge in [0.2, 0.25) is 15.9 Å². The molecule has 3 rings (SSSR count). The van der Waals surface area contributed by atoms with Gasteiger partial charge in [-0.25, -0.2) is 18.1 Å². The van der Waals surface area contributed by atoms with Crippen molar-refractivity contribution in [3.63, 3.8) is 0 Å². The molecular weight excluding hydrogens is 446 g/mol. The van der Waals surface area contributed by atoms with Crippen molar-refractivity contribution in [1.29, 1.82) is 0 Å². The minimum Gasteiger partial charge on any atom is -0.439 e. The van der Waals surface area contributed by atoms with Crippen LogP contribution in [0.3, 0.4) is 0 Å². The molecule has 1 saturated heterocycles. The Labute approximate surface area is 173 Å². The zero-order chi connectivity index (χ0) is 20.1. The smallest absolute Gasteiger partial charge is 0.255 e. The lowest BCUT2D eigenvalue weighted by Crippen LogP contribution is -2.43. The fraction of sp³-hybridized carbons (Fsp3) is 0.368. The summed E-state index contributed by atoms with van der Waals surface area (Å²) in [5.41, 5.74) is 0.486. The minimum absolute atomic E-state index is 0.105. The number of carbonyl (C=O) groups is 1. The largest absolute Gasteiger partial charge is 0.439 e. The van der Waals surface area contributed by atoms with Gasteiger partial charge in [0.05, 0.1) is 11.8 Å². The molecule has 1 fully saturated rings. The van der Waals surface area contributed by atoms with Crippen LogP contribution >= 0.6 is 15.9 Å². The Bertz CT molecular complexity index is 917. The summed E-state index contributed by atoms with van der Waals surface area (Å²) >= 11 is 3.37. The van der Waals surface area contributed by atoms with Crippen LogP contribution in [0.15, 0.2) is 47.1 Å². The third kappa shape index (κ3) is 6.02. The predicted molar refractivity (Wildman–Crippen MR) is 110 cm³/mol. The number of sulfonamides is 1. The van der Waals surface area contributed by atoms with Gasteiger partial charge in [-0.3, -0.25) is 4.79 Å². The summed E-state index contributed by atoms with van der Waals surface area (Å²) < 4.78 is 31.7. The molecule has 2 aromatic rings. The highest BCUT2D eigenvalue weighted by Gasteiger charge is 2.25. The molecule has 1 atom stereocenters. The van der Waals surface area contributed by atoms with E-state index in [2.05, 4.69) is 25.6 Å². The van der Waals surface area contributed by atoms with Crippen LogP contribution in [0, 0.1) is 5.92 Å². The number of nitrogens with one attached hydrogen (secondary N) is 1. The molecule has 1 aromatic heterocycles. The quantitative estimate of drug-likeness (QED) is 0.704. The van der Waals surface area contributed by atoms with Crippen LogP contribution in [-0.2, 0) is 10.0 Å². The number of ether oxygens (including phenoxy) is 1. The summed E-state index contributed by atoms with van der Waals surface area (Å²) in [5, 5.41) is 0. The highest BCUT2D eigenvalue weighted by atomic mass is 79.9. The summed E-state index contributed by atoms with van der Waals surface area (Å²) in [6.07, 6.45) is 4.39. The lowest BCUT2D eigenvalue weighted by molar-refractivity contribution is 0.0676. The second kappa shape index (κ2) is 9.02. The molecule has 1 aromatic carbocycles.